The lowest BCUT2D eigenvalue weighted by molar-refractivity contribution is -0.138. The fourth-order valence-corrected chi connectivity index (χ4v) is 6.57. The summed E-state index contributed by atoms with van der Waals surface area (Å²) in [5, 5.41) is 0.950. The zero-order valence-electron chi connectivity index (χ0n) is 25.5. The number of fused-ring (bicyclic) bond motifs is 2. The monoisotopic (exact) mass is 633 g/mol. The highest BCUT2D eigenvalue weighted by Crippen LogP contribution is 2.34. The molecule has 13 heteroatoms. The van der Waals surface area contributed by atoms with Crippen molar-refractivity contribution in [3.05, 3.63) is 71.9 Å². The minimum absolute atomic E-state index is 0.146. The number of benzene rings is 2. The van der Waals surface area contributed by atoms with Gasteiger partial charge in [-0.25, -0.2) is 15.0 Å². The van der Waals surface area contributed by atoms with Crippen LogP contribution in [0.15, 0.2) is 54.7 Å². The van der Waals surface area contributed by atoms with Gasteiger partial charge in [-0.2, -0.15) is 13.2 Å². The molecular weight excluding hydrogens is 599 g/mol. The maximum absolute atomic E-state index is 14.0. The third-order valence-electron chi connectivity index (χ3n) is 8.97. The maximum Gasteiger partial charge on any atom is 0.416 e. The molecule has 7 rings (SSSR count). The van der Waals surface area contributed by atoms with E-state index in [0.29, 0.717) is 54.3 Å². The van der Waals surface area contributed by atoms with Crippen molar-refractivity contribution in [2.45, 2.75) is 32.1 Å². The van der Waals surface area contributed by atoms with Gasteiger partial charge in [0.1, 0.15) is 24.2 Å². The van der Waals surface area contributed by atoms with E-state index in [2.05, 4.69) is 19.9 Å². The molecule has 3 aromatic heterocycles. The summed E-state index contributed by atoms with van der Waals surface area (Å²) in [5.41, 5.74) is 2.16. The number of hydrogen-bond donors (Lipinski definition) is 1. The van der Waals surface area contributed by atoms with Crippen molar-refractivity contribution in [2.75, 3.05) is 46.5 Å². The highest BCUT2D eigenvalue weighted by atomic mass is 19.4. The molecule has 1 N–H and O–H groups in total. The number of methoxy groups -OCH3 is 1. The van der Waals surface area contributed by atoms with Crippen LogP contribution in [-0.2, 0) is 22.3 Å². The number of alkyl halides is 3. The van der Waals surface area contributed by atoms with Gasteiger partial charge in [0.05, 0.1) is 53.3 Å². The Morgan fingerprint density at radius 2 is 1.96 bits per heavy atom. The molecule has 240 valence electrons. The lowest BCUT2D eigenvalue weighted by Gasteiger charge is -2.41. The summed E-state index contributed by atoms with van der Waals surface area (Å²) in [6.45, 7) is 5.52. The number of aryl methyl sites for hydroxylation is 1. The second-order valence-corrected chi connectivity index (χ2v) is 12.0. The zero-order chi connectivity index (χ0) is 32.0. The molecule has 5 aromatic rings. The van der Waals surface area contributed by atoms with Gasteiger partial charge in [-0.15, -0.1) is 0 Å². The van der Waals surface area contributed by atoms with Gasteiger partial charge in [-0.05, 0) is 49.6 Å². The van der Waals surface area contributed by atoms with Gasteiger partial charge in [0.2, 0.25) is 11.8 Å². The Balaban J connectivity index is 1.21. The molecule has 5 heterocycles. The normalized spacial score (nSPS) is 19.4. The van der Waals surface area contributed by atoms with Crippen molar-refractivity contribution in [1.29, 1.82) is 0 Å². The molecule has 2 aliphatic heterocycles. The van der Waals surface area contributed by atoms with Crippen molar-refractivity contribution in [3.63, 3.8) is 0 Å². The fraction of sp³-hybridized carbons (Fsp3) is 0.394. The minimum atomic E-state index is -4.51. The predicted molar refractivity (Wildman–Crippen MR) is 165 cm³/mol. The van der Waals surface area contributed by atoms with Gasteiger partial charge in [-0.3, -0.25) is 9.69 Å². The zero-order valence-corrected chi connectivity index (χ0v) is 25.5. The van der Waals surface area contributed by atoms with E-state index in [1.54, 1.807) is 29.7 Å². The summed E-state index contributed by atoms with van der Waals surface area (Å²) >= 11 is 0. The molecule has 1 unspecified atom stereocenters. The SMILES string of the molecule is COc1nc2ccccc2cc1-c1cnc([C@@H]2CN(CC3CCOC3)CCN2C(=O)Cn2c(C)nc3ccc(C(F)(F)F)cc32)[nH]1. The second-order valence-electron chi connectivity index (χ2n) is 12.0. The van der Waals surface area contributed by atoms with Gasteiger partial charge in [-0.1, -0.05) is 18.2 Å². The molecule has 10 nitrogen and oxygen atoms in total. The van der Waals surface area contributed by atoms with E-state index in [0.717, 1.165) is 54.8 Å². The molecule has 0 bridgehead atoms. The van der Waals surface area contributed by atoms with Crippen LogP contribution in [0.1, 0.15) is 29.7 Å². The van der Waals surface area contributed by atoms with Gasteiger partial charge in [0.15, 0.2) is 0 Å². The molecule has 2 aromatic carbocycles. The molecule has 0 saturated carbocycles. The van der Waals surface area contributed by atoms with Crippen molar-refractivity contribution >= 4 is 27.8 Å². The first-order chi connectivity index (χ1) is 22.2. The number of para-hydroxylation sites is 1. The summed E-state index contributed by atoms with van der Waals surface area (Å²) in [7, 11) is 1.57. The molecule has 0 radical (unpaired) electrons. The van der Waals surface area contributed by atoms with E-state index >= 15 is 0 Å². The Hall–Kier alpha value is -4.49. The first-order valence-electron chi connectivity index (χ1n) is 15.3. The number of halogens is 3. The maximum atomic E-state index is 14.0. The standard InChI is InChI=1S/C33H34F3N7O3/c1-20-38-26-8-7-23(33(34,35)36)14-28(26)43(20)18-30(44)42-11-10-41(16-21-9-12-46-19-21)17-29(42)31-37-15-27(39-31)24-13-22-5-3-4-6-25(22)40-32(24)45-2/h3-8,13-15,21,29H,9-12,16-19H2,1-2H3,(H,37,39)/t21?,29-/m0/s1. The van der Waals surface area contributed by atoms with Crippen LogP contribution in [0.2, 0.25) is 0 Å². The lowest BCUT2D eigenvalue weighted by atomic mass is 10.1. The Bertz CT molecular complexity index is 1900. The highest BCUT2D eigenvalue weighted by molar-refractivity contribution is 5.85. The van der Waals surface area contributed by atoms with Gasteiger partial charge in [0, 0.05) is 38.2 Å². The van der Waals surface area contributed by atoms with Crippen LogP contribution in [-0.4, -0.2) is 86.7 Å². The molecule has 2 saturated heterocycles. The molecular formula is C33H34F3N7O3. The molecule has 0 aliphatic carbocycles. The summed E-state index contributed by atoms with van der Waals surface area (Å²) in [6, 6.07) is 12.8. The summed E-state index contributed by atoms with van der Waals surface area (Å²) < 4.78 is 53.4. The van der Waals surface area contributed by atoms with E-state index in [1.165, 1.54) is 6.07 Å². The number of imidazole rings is 2. The third kappa shape index (κ3) is 5.80. The number of carbonyl (C=O) groups is 1. The number of carbonyl (C=O) groups excluding carboxylic acids is 1. The first kappa shape index (κ1) is 30.2. The molecule has 1 amide bonds. The number of pyridine rings is 1. The molecule has 46 heavy (non-hydrogen) atoms. The predicted octanol–water partition coefficient (Wildman–Crippen LogP) is 5.23. The molecule has 2 fully saturated rings. The smallest absolute Gasteiger partial charge is 0.416 e. The molecule has 2 atom stereocenters. The Labute approximate surface area is 263 Å². The van der Waals surface area contributed by atoms with Gasteiger partial charge >= 0.3 is 6.18 Å². The average Bonchev–Trinajstić information content (AvgIpc) is 3.81. The van der Waals surface area contributed by atoms with E-state index in [9.17, 15) is 18.0 Å². The van der Waals surface area contributed by atoms with Crippen molar-refractivity contribution in [1.82, 2.24) is 34.3 Å². The third-order valence-corrected chi connectivity index (χ3v) is 8.97. The Morgan fingerprint density at radius 1 is 1.11 bits per heavy atom. The first-order valence-corrected chi connectivity index (χ1v) is 15.3. The van der Waals surface area contributed by atoms with Gasteiger partial charge in [0.25, 0.3) is 0 Å². The van der Waals surface area contributed by atoms with Crippen LogP contribution in [0.25, 0.3) is 33.2 Å². The van der Waals surface area contributed by atoms with Crippen molar-refractivity contribution in [3.8, 4) is 17.1 Å². The number of nitrogens with zero attached hydrogens (tertiary/aromatic N) is 6. The van der Waals surface area contributed by atoms with E-state index in [-0.39, 0.29) is 18.0 Å². The summed E-state index contributed by atoms with van der Waals surface area (Å²) in [6.07, 6.45) is -1.79. The van der Waals surface area contributed by atoms with Gasteiger partial charge < -0.3 is 23.9 Å². The Morgan fingerprint density at radius 3 is 2.74 bits per heavy atom. The second kappa shape index (κ2) is 12.0. The topological polar surface area (TPSA) is 101 Å². The van der Waals surface area contributed by atoms with Crippen LogP contribution in [0.5, 0.6) is 5.88 Å². The number of aromatic amines is 1. The number of amides is 1. The summed E-state index contributed by atoms with van der Waals surface area (Å²) in [5.74, 6) is 1.73. The quantitative estimate of drug-likeness (QED) is 0.262. The van der Waals surface area contributed by atoms with Crippen LogP contribution in [0.3, 0.4) is 0 Å². The number of hydrogen-bond acceptors (Lipinski definition) is 7. The van der Waals surface area contributed by atoms with Crippen molar-refractivity contribution in [2.24, 2.45) is 5.92 Å². The van der Waals surface area contributed by atoms with Crippen LogP contribution >= 0.6 is 0 Å². The molecule has 2 aliphatic rings. The van der Waals surface area contributed by atoms with E-state index in [4.69, 9.17) is 14.5 Å². The number of H-pyrrole nitrogens is 1. The van der Waals surface area contributed by atoms with E-state index in [1.807, 2.05) is 30.3 Å². The summed E-state index contributed by atoms with van der Waals surface area (Å²) in [4.78, 5) is 35.4. The Kier molecular flexibility index (Phi) is 7.89. The number of nitrogens with one attached hydrogen (secondary N) is 1. The number of rotatable bonds is 7. The lowest BCUT2D eigenvalue weighted by Crippen LogP contribution is -2.52. The molecule has 0 spiro atoms. The van der Waals surface area contributed by atoms with Crippen molar-refractivity contribution < 1.29 is 27.4 Å². The highest BCUT2D eigenvalue weighted by Gasteiger charge is 2.36. The largest absolute Gasteiger partial charge is 0.480 e. The van der Waals surface area contributed by atoms with Crippen LogP contribution < -0.4 is 4.74 Å². The van der Waals surface area contributed by atoms with Crippen LogP contribution in [0.4, 0.5) is 13.2 Å². The minimum Gasteiger partial charge on any atom is -0.480 e. The number of ether oxygens (including phenoxy) is 2. The number of piperazine rings is 1. The number of aromatic nitrogens is 5. The van der Waals surface area contributed by atoms with E-state index < -0.39 is 17.8 Å². The van der Waals surface area contributed by atoms with Crippen LogP contribution in [0, 0.1) is 12.8 Å². The average molecular weight is 634 g/mol. The fourth-order valence-electron chi connectivity index (χ4n) is 6.57.